The van der Waals surface area contributed by atoms with Crippen LogP contribution in [0.1, 0.15) is 23.0 Å². The number of hydrogen-bond acceptors (Lipinski definition) is 5. The van der Waals surface area contributed by atoms with Gasteiger partial charge in [-0.15, -0.1) is 0 Å². The number of nitrogens with zero attached hydrogens (tertiary/aromatic N) is 1. The molecule has 1 atom stereocenters. The van der Waals surface area contributed by atoms with Gasteiger partial charge in [-0.25, -0.2) is 8.42 Å². The van der Waals surface area contributed by atoms with E-state index in [4.69, 9.17) is 4.42 Å². The lowest BCUT2D eigenvalue weighted by Gasteiger charge is -2.28. The first-order valence-corrected chi connectivity index (χ1v) is 11.4. The number of benzene rings is 2. The number of carbonyl (C=O) groups excluding carboxylic acids is 2. The molecule has 9 heteroatoms. The predicted molar refractivity (Wildman–Crippen MR) is 118 cm³/mol. The van der Waals surface area contributed by atoms with Crippen LogP contribution in [0, 0.1) is 0 Å². The van der Waals surface area contributed by atoms with Gasteiger partial charge in [0.15, 0.2) is 0 Å². The number of nitrogens with one attached hydrogen (secondary N) is 2. The van der Waals surface area contributed by atoms with E-state index in [-0.39, 0.29) is 17.8 Å². The molecule has 0 spiro atoms. The Morgan fingerprint density at radius 2 is 1.68 bits per heavy atom. The first-order valence-electron chi connectivity index (χ1n) is 9.52. The van der Waals surface area contributed by atoms with Gasteiger partial charge in [0, 0.05) is 0 Å². The molecule has 2 aromatic carbocycles. The number of furan rings is 1. The summed E-state index contributed by atoms with van der Waals surface area (Å²) in [6, 6.07) is 17.3. The van der Waals surface area contributed by atoms with E-state index in [9.17, 15) is 18.0 Å². The molecule has 31 heavy (non-hydrogen) atoms. The zero-order valence-electron chi connectivity index (χ0n) is 17.1. The fraction of sp³-hybridized carbons (Fsp3) is 0.182. The van der Waals surface area contributed by atoms with Gasteiger partial charge in [0.2, 0.25) is 15.9 Å². The number of para-hydroxylation sites is 2. The molecule has 0 saturated carbocycles. The van der Waals surface area contributed by atoms with Crippen LogP contribution in [0.15, 0.2) is 77.4 Å². The Morgan fingerprint density at radius 1 is 1.00 bits per heavy atom. The van der Waals surface area contributed by atoms with E-state index in [1.54, 1.807) is 66.7 Å². The van der Waals surface area contributed by atoms with Gasteiger partial charge >= 0.3 is 0 Å². The molecular formula is C22H23N3O5S. The third-order valence-corrected chi connectivity index (χ3v) is 5.77. The van der Waals surface area contributed by atoms with Gasteiger partial charge in [-0.1, -0.05) is 30.3 Å². The highest BCUT2D eigenvalue weighted by atomic mass is 32.2. The average Bonchev–Trinajstić information content (AvgIpc) is 3.26. The number of carbonyl (C=O) groups is 2. The molecule has 0 aliphatic rings. The van der Waals surface area contributed by atoms with E-state index < -0.39 is 27.9 Å². The number of sulfonamides is 1. The van der Waals surface area contributed by atoms with Crippen molar-refractivity contribution >= 4 is 33.2 Å². The molecule has 162 valence electrons. The summed E-state index contributed by atoms with van der Waals surface area (Å²) >= 11 is 0. The second-order valence-electron chi connectivity index (χ2n) is 6.87. The van der Waals surface area contributed by atoms with E-state index in [0.29, 0.717) is 11.4 Å². The van der Waals surface area contributed by atoms with Crippen LogP contribution >= 0.6 is 0 Å². The Labute approximate surface area is 180 Å². The van der Waals surface area contributed by atoms with Gasteiger partial charge in [0.05, 0.1) is 36.0 Å². The molecule has 0 aliphatic heterocycles. The molecule has 3 aromatic rings. The molecule has 0 bridgehead atoms. The standard InChI is InChI=1S/C22H23N3O5S/c1-16(25(31(2,28)29)17-9-4-3-5-10-17)21(26)24-20-13-7-6-12-19(20)22(27)23-15-18-11-8-14-30-18/h3-14,16H,15H2,1-2H3,(H,23,27)(H,24,26). The maximum Gasteiger partial charge on any atom is 0.253 e. The van der Waals surface area contributed by atoms with Crippen molar-refractivity contribution < 1.29 is 22.4 Å². The monoisotopic (exact) mass is 441 g/mol. The normalized spacial score (nSPS) is 12.1. The SMILES string of the molecule is CC(C(=O)Nc1ccccc1C(=O)NCc1ccco1)N(c1ccccc1)S(C)(=O)=O. The molecule has 3 rings (SSSR count). The summed E-state index contributed by atoms with van der Waals surface area (Å²) < 4.78 is 31.0. The summed E-state index contributed by atoms with van der Waals surface area (Å²) in [5.41, 5.74) is 0.898. The molecule has 8 nitrogen and oxygen atoms in total. The van der Waals surface area contributed by atoms with Gasteiger partial charge in [0.1, 0.15) is 11.8 Å². The maximum absolute atomic E-state index is 12.9. The quantitative estimate of drug-likeness (QED) is 0.559. The smallest absolute Gasteiger partial charge is 0.253 e. The number of rotatable bonds is 8. The van der Waals surface area contributed by atoms with E-state index in [1.165, 1.54) is 13.2 Å². The Hall–Kier alpha value is -3.59. The van der Waals surface area contributed by atoms with Crippen molar-refractivity contribution in [3.63, 3.8) is 0 Å². The molecule has 0 radical (unpaired) electrons. The van der Waals surface area contributed by atoms with Gasteiger partial charge in [-0.2, -0.15) is 0 Å². The van der Waals surface area contributed by atoms with Crippen molar-refractivity contribution in [3.05, 3.63) is 84.3 Å². The molecule has 0 saturated heterocycles. The van der Waals surface area contributed by atoms with Crippen LogP contribution in [0.4, 0.5) is 11.4 Å². The summed E-state index contributed by atoms with van der Waals surface area (Å²) in [6.07, 6.45) is 2.55. The van der Waals surface area contributed by atoms with Gasteiger partial charge in [0.25, 0.3) is 5.91 Å². The van der Waals surface area contributed by atoms with Gasteiger partial charge in [-0.3, -0.25) is 13.9 Å². The molecular weight excluding hydrogens is 418 g/mol. The topological polar surface area (TPSA) is 109 Å². The lowest BCUT2D eigenvalue weighted by atomic mass is 10.1. The summed E-state index contributed by atoms with van der Waals surface area (Å²) in [6.45, 7) is 1.68. The summed E-state index contributed by atoms with van der Waals surface area (Å²) in [4.78, 5) is 25.5. The number of hydrogen-bond donors (Lipinski definition) is 2. The summed E-state index contributed by atoms with van der Waals surface area (Å²) in [5.74, 6) is -0.376. The summed E-state index contributed by atoms with van der Waals surface area (Å²) in [7, 11) is -3.73. The molecule has 2 N–H and O–H groups in total. The van der Waals surface area contributed by atoms with Crippen LogP contribution < -0.4 is 14.9 Å². The van der Waals surface area contributed by atoms with Crippen molar-refractivity contribution in [3.8, 4) is 0 Å². The van der Waals surface area contributed by atoms with Crippen LogP contribution in [0.3, 0.4) is 0 Å². The highest BCUT2D eigenvalue weighted by Gasteiger charge is 2.29. The minimum Gasteiger partial charge on any atom is -0.467 e. The van der Waals surface area contributed by atoms with E-state index in [2.05, 4.69) is 10.6 Å². The van der Waals surface area contributed by atoms with Crippen LogP contribution in [-0.4, -0.2) is 32.5 Å². The fourth-order valence-electron chi connectivity index (χ4n) is 3.09. The van der Waals surface area contributed by atoms with Crippen LogP contribution in [0.2, 0.25) is 0 Å². The molecule has 2 amide bonds. The zero-order chi connectivity index (χ0) is 22.4. The number of anilines is 2. The number of amides is 2. The van der Waals surface area contributed by atoms with Crippen molar-refractivity contribution in [2.75, 3.05) is 15.9 Å². The minimum absolute atomic E-state index is 0.195. The lowest BCUT2D eigenvalue weighted by molar-refractivity contribution is -0.116. The van der Waals surface area contributed by atoms with E-state index >= 15 is 0 Å². The third kappa shape index (κ3) is 5.52. The Balaban J connectivity index is 1.78. The molecule has 0 fully saturated rings. The van der Waals surface area contributed by atoms with E-state index in [1.807, 2.05) is 0 Å². The summed E-state index contributed by atoms with van der Waals surface area (Å²) in [5, 5.41) is 5.40. The van der Waals surface area contributed by atoms with Gasteiger partial charge < -0.3 is 15.1 Å². The fourth-order valence-corrected chi connectivity index (χ4v) is 4.26. The Bertz CT molecular complexity index is 1140. The average molecular weight is 442 g/mol. The predicted octanol–water partition coefficient (Wildman–Crippen LogP) is 3.00. The van der Waals surface area contributed by atoms with Crippen LogP contribution in [0.25, 0.3) is 0 Å². The largest absolute Gasteiger partial charge is 0.467 e. The molecule has 0 aliphatic carbocycles. The minimum atomic E-state index is -3.73. The first kappa shape index (κ1) is 22.1. The van der Waals surface area contributed by atoms with Crippen molar-refractivity contribution in [1.29, 1.82) is 0 Å². The Kier molecular flexibility index (Phi) is 6.76. The van der Waals surface area contributed by atoms with Crippen molar-refractivity contribution in [2.24, 2.45) is 0 Å². The van der Waals surface area contributed by atoms with Crippen molar-refractivity contribution in [2.45, 2.75) is 19.5 Å². The molecule has 1 unspecified atom stereocenters. The van der Waals surface area contributed by atoms with Crippen molar-refractivity contribution in [1.82, 2.24) is 5.32 Å². The Morgan fingerprint density at radius 3 is 2.32 bits per heavy atom. The van der Waals surface area contributed by atoms with Crippen LogP contribution in [-0.2, 0) is 21.4 Å². The zero-order valence-corrected chi connectivity index (χ0v) is 17.9. The third-order valence-electron chi connectivity index (χ3n) is 4.53. The highest BCUT2D eigenvalue weighted by molar-refractivity contribution is 7.92. The van der Waals surface area contributed by atoms with Gasteiger partial charge in [-0.05, 0) is 43.3 Å². The highest BCUT2D eigenvalue weighted by Crippen LogP contribution is 2.22. The van der Waals surface area contributed by atoms with E-state index in [0.717, 1.165) is 10.6 Å². The van der Waals surface area contributed by atoms with Crippen LogP contribution in [0.5, 0.6) is 0 Å². The maximum atomic E-state index is 12.9. The molecule has 1 aromatic heterocycles. The second kappa shape index (κ2) is 9.48. The lowest BCUT2D eigenvalue weighted by Crippen LogP contribution is -2.45. The molecule has 1 heterocycles. The first-order chi connectivity index (χ1) is 14.8. The second-order valence-corrected chi connectivity index (χ2v) is 8.73.